The number of carbonyl (C=O) groups is 1. The minimum atomic E-state index is -3.65. The van der Waals surface area contributed by atoms with Crippen LogP contribution in [0.5, 0.6) is 0 Å². The molecule has 1 aliphatic rings. The number of hydrogen-bond acceptors (Lipinski definition) is 5. The number of nitrogens with one attached hydrogen (secondary N) is 1. The number of nitrogens with zero attached hydrogens (tertiary/aromatic N) is 4. The van der Waals surface area contributed by atoms with Crippen molar-refractivity contribution in [2.45, 2.75) is 31.2 Å². The minimum absolute atomic E-state index is 0.0719. The second-order valence-electron chi connectivity index (χ2n) is 5.74. The number of carbonyl (C=O) groups excluding carboxylic acids is 1. The molecule has 0 bridgehead atoms. The molecule has 1 amide bonds. The average molecular weight is 349 g/mol. The van der Waals surface area contributed by atoms with Crippen molar-refractivity contribution in [3.63, 3.8) is 0 Å². The van der Waals surface area contributed by atoms with Crippen molar-refractivity contribution in [3.05, 3.63) is 35.9 Å². The summed E-state index contributed by atoms with van der Waals surface area (Å²) in [5.41, 5.74) is 0.726. The topological polar surface area (TPSA) is 99.3 Å². The van der Waals surface area contributed by atoms with Gasteiger partial charge in [-0.15, -0.1) is 0 Å². The maximum atomic E-state index is 12.6. The molecule has 24 heavy (non-hydrogen) atoms. The molecule has 0 radical (unpaired) electrons. The summed E-state index contributed by atoms with van der Waals surface area (Å²) in [6.07, 6.45) is 1.37. The van der Waals surface area contributed by atoms with E-state index in [1.165, 1.54) is 23.5 Å². The first-order chi connectivity index (χ1) is 11.4. The summed E-state index contributed by atoms with van der Waals surface area (Å²) < 4.78 is 26.4. The number of rotatable bonds is 5. The van der Waals surface area contributed by atoms with Gasteiger partial charge in [0.15, 0.2) is 5.82 Å². The van der Waals surface area contributed by atoms with Crippen LogP contribution in [-0.2, 0) is 21.4 Å². The van der Waals surface area contributed by atoms with Gasteiger partial charge < -0.3 is 4.90 Å². The first kappa shape index (κ1) is 16.6. The van der Waals surface area contributed by atoms with Gasteiger partial charge in [0.2, 0.25) is 15.9 Å². The summed E-state index contributed by atoms with van der Waals surface area (Å²) >= 11 is 0. The van der Waals surface area contributed by atoms with Gasteiger partial charge in [0.1, 0.15) is 5.82 Å². The molecule has 1 saturated heterocycles. The second kappa shape index (κ2) is 6.33. The smallest absolute Gasteiger partial charge is 0.243 e. The van der Waals surface area contributed by atoms with Crippen molar-refractivity contribution in [1.29, 1.82) is 0 Å². The fraction of sp³-hybridized carbons (Fsp3) is 0.400. The van der Waals surface area contributed by atoms with E-state index in [-0.39, 0.29) is 17.3 Å². The van der Waals surface area contributed by atoms with E-state index in [4.69, 9.17) is 0 Å². The number of sulfonamides is 1. The maximum Gasteiger partial charge on any atom is 0.243 e. The van der Waals surface area contributed by atoms with E-state index >= 15 is 0 Å². The number of benzene rings is 1. The Hall–Kier alpha value is -2.26. The molecule has 0 saturated carbocycles. The summed E-state index contributed by atoms with van der Waals surface area (Å²) in [4.78, 5) is 17.7. The van der Waals surface area contributed by atoms with E-state index in [0.29, 0.717) is 24.6 Å². The maximum absolute atomic E-state index is 12.6. The van der Waals surface area contributed by atoms with Crippen LogP contribution in [0.15, 0.2) is 29.2 Å². The molecule has 2 heterocycles. The lowest BCUT2D eigenvalue weighted by Gasteiger charge is -2.18. The van der Waals surface area contributed by atoms with Crippen LogP contribution in [0, 0.1) is 6.92 Å². The highest BCUT2D eigenvalue weighted by Crippen LogP contribution is 2.24. The minimum Gasteiger partial charge on any atom is -0.312 e. The highest BCUT2D eigenvalue weighted by molar-refractivity contribution is 7.89. The van der Waals surface area contributed by atoms with Gasteiger partial charge in [0.05, 0.1) is 11.4 Å². The molecule has 1 fully saturated rings. The monoisotopic (exact) mass is 349 g/mol. The molecule has 2 aromatic rings. The van der Waals surface area contributed by atoms with Crippen LogP contribution < -0.4 is 4.90 Å². The van der Waals surface area contributed by atoms with Gasteiger partial charge in [-0.1, -0.05) is 0 Å². The summed E-state index contributed by atoms with van der Waals surface area (Å²) in [6, 6.07) is 6.38. The Morgan fingerprint density at radius 2 is 2.00 bits per heavy atom. The zero-order valence-electron chi connectivity index (χ0n) is 13.6. The SMILES string of the molecule is Cc1nc(CN(C)S(=O)(=O)c2ccc(N3CCCC3=O)cc2)n[nH]1. The van der Waals surface area contributed by atoms with Gasteiger partial charge in [-0.2, -0.15) is 9.40 Å². The average Bonchev–Trinajstić information content (AvgIpc) is 3.16. The second-order valence-corrected chi connectivity index (χ2v) is 7.79. The predicted octanol–water partition coefficient (Wildman–Crippen LogP) is 1.06. The predicted molar refractivity (Wildman–Crippen MR) is 87.8 cm³/mol. The fourth-order valence-electron chi connectivity index (χ4n) is 2.64. The third kappa shape index (κ3) is 3.17. The third-order valence-electron chi connectivity index (χ3n) is 3.94. The van der Waals surface area contributed by atoms with E-state index in [2.05, 4.69) is 15.2 Å². The lowest BCUT2D eigenvalue weighted by molar-refractivity contribution is -0.117. The van der Waals surface area contributed by atoms with Crippen LogP contribution in [0.1, 0.15) is 24.5 Å². The van der Waals surface area contributed by atoms with E-state index < -0.39 is 10.0 Å². The van der Waals surface area contributed by atoms with Crippen molar-refractivity contribution in [1.82, 2.24) is 19.5 Å². The lowest BCUT2D eigenvalue weighted by atomic mass is 10.3. The molecule has 8 nitrogen and oxygen atoms in total. The summed E-state index contributed by atoms with van der Waals surface area (Å²) in [7, 11) is -2.16. The van der Waals surface area contributed by atoms with Crippen molar-refractivity contribution in [2.75, 3.05) is 18.5 Å². The van der Waals surface area contributed by atoms with E-state index in [1.54, 1.807) is 24.0 Å². The number of aromatic nitrogens is 3. The number of amides is 1. The number of aromatic amines is 1. The van der Waals surface area contributed by atoms with Crippen molar-refractivity contribution in [3.8, 4) is 0 Å². The van der Waals surface area contributed by atoms with E-state index in [1.807, 2.05) is 0 Å². The van der Waals surface area contributed by atoms with Crippen LogP contribution in [0.3, 0.4) is 0 Å². The number of anilines is 1. The zero-order valence-corrected chi connectivity index (χ0v) is 14.4. The van der Waals surface area contributed by atoms with Gasteiger partial charge >= 0.3 is 0 Å². The largest absolute Gasteiger partial charge is 0.312 e. The van der Waals surface area contributed by atoms with Crippen molar-refractivity contribution in [2.24, 2.45) is 0 Å². The number of H-pyrrole nitrogens is 1. The van der Waals surface area contributed by atoms with Crippen molar-refractivity contribution >= 4 is 21.6 Å². The van der Waals surface area contributed by atoms with Crippen LogP contribution in [0.25, 0.3) is 0 Å². The molecule has 0 unspecified atom stereocenters. The summed E-state index contributed by atoms with van der Waals surface area (Å²) in [5, 5.41) is 6.64. The molecule has 0 spiro atoms. The van der Waals surface area contributed by atoms with Gasteiger partial charge in [0.25, 0.3) is 0 Å². The Bertz CT molecular complexity index is 844. The fourth-order valence-corrected chi connectivity index (χ4v) is 3.77. The standard InChI is InChI=1S/C15H19N5O3S/c1-11-16-14(18-17-11)10-19(2)24(22,23)13-7-5-12(6-8-13)20-9-3-4-15(20)21/h5-8H,3-4,9-10H2,1-2H3,(H,16,17,18). The van der Waals surface area contributed by atoms with Crippen LogP contribution in [0.2, 0.25) is 0 Å². The third-order valence-corrected chi connectivity index (χ3v) is 5.76. The molecule has 1 aliphatic heterocycles. The van der Waals surface area contributed by atoms with Gasteiger partial charge in [0, 0.05) is 25.7 Å². The van der Waals surface area contributed by atoms with Crippen LogP contribution in [0.4, 0.5) is 5.69 Å². The Balaban J connectivity index is 1.77. The Labute approximate surface area is 140 Å². The summed E-state index contributed by atoms with van der Waals surface area (Å²) in [5.74, 6) is 1.12. The van der Waals surface area contributed by atoms with Crippen molar-refractivity contribution < 1.29 is 13.2 Å². The molecule has 128 valence electrons. The van der Waals surface area contributed by atoms with Gasteiger partial charge in [-0.3, -0.25) is 9.89 Å². The van der Waals surface area contributed by atoms with Gasteiger partial charge in [-0.25, -0.2) is 13.4 Å². The first-order valence-corrected chi connectivity index (χ1v) is 9.06. The highest BCUT2D eigenvalue weighted by atomic mass is 32.2. The molecule has 1 aromatic heterocycles. The van der Waals surface area contributed by atoms with Gasteiger partial charge in [-0.05, 0) is 37.6 Å². The summed E-state index contributed by atoms with van der Waals surface area (Å²) in [6.45, 7) is 2.51. The highest BCUT2D eigenvalue weighted by Gasteiger charge is 2.24. The molecular weight excluding hydrogens is 330 g/mol. The lowest BCUT2D eigenvalue weighted by Crippen LogP contribution is -2.27. The number of aryl methyl sites for hydroxylation is 1. The molecule has 0 atom stereocenters. The molecule has 1 aromatic carbocycles. The van der Waals surface area contributed by atoms with Crippen LogP contribution in [-0.4, -0.2) is 47.4 Å². The molecular formula is C15H19N5O3S. The molecule has 3 rings (SSSR count). The molecule has 1 N–H and O–H groups in total. The molecule has 9 heteroatoms. The Morgan fingerprint density at radius 1 is 1.29 bits per heavy atom. The van der Waals surface area contributed by atoms with Crippen LogP contribution >= 0.6 is 0 Å². The zero-order chi connectivity index (χ0) is 17.3. The Morgan fingerprint density at radius 3 is 2.54 bits per heavy atom. The van der Waals surface area contributed by atoms with E-state index in [0.717, 1.165) is 12.1 Å². The first-order valence-electron chi connectivity index (χ1n) is 7.62. The quantitative estimate of drug-likeness (QED) is 0.870. The number of hydrogen-bond donors (Lipinski definition) is 1. The molecule has 0 aliphatic carbocycles. The normalized spacial score (nSPS) is 15.5. The Kier molecular flexibility index (Phi) is 4.37. The van der Waals surface area contributed by atoms with E-state index in [9.17, 15) is 13.2 Å².